The molecule has 44 heavy (non-hydrogen) atoms. The molecule has 0 atom stereocenters. The molecular weight excluding hydrogens is 556 g/mol. The minimum absolute atomic E-state index is 0.215. The zero-order chi connectivity index (χ0) is 30.2. The van der Waals surface area contributed by atoms with E-state index in [1.54, 1.807) is 41.2 Å². The van der Waals surface area contributed by atoms with Gasteiger partial charge in [-0.2, -0.15) is 15.5 Å². The van der Waals surface area contributed by atoms with E-state index in [4.69, 9.17) is 5.26 Å². The van der Waals surface area contributed by atoms with Crippen LogP contribution in [0.2, 0.25) is 0 Å². The van der Waals surface area contributed by atoms with Crippen LogP contribution in [0.3, 0.4) is 0 Å². The molecule has 4 aromatic carbocycles. The maximum Gasteiger partial charge on any atom is 0.163 e. The molecule has 8 heteroatoms. The van der Waals surface area contributed by atoms with Crippen LogP contribution in [-0.2, 0) is 12.8 Å². The number of Topliss-reactive ketones (excluding diaryl/α,β-unsaturated/α-hetero) is 1. The Balaban J connectivity index is 0.000000143. The average Bonchev–Trinajstić information content (AvgIpc) is 3.65. The van der Waals surface area contributed by atoms with E-state index in [2.05, 4.69) is 28.4 Å². The van der Waals surface area contributed by atoms with Gasteiger partial charge in [-0.1, -0.05) is 0 Å². The summed E-state index contributed by atoms with van der Waals surface area (Å²) < 4.78 is 29.8. The lowest BCUT2D eigenvalue weighted by Crippen LogP contribution is -2.10. The molecular formula is C36H27F2N5O. The van der Waals surface area contributed by atoms with Gasteiger partial charge >= 0.3 is 0 Å². The van der Waals surface area contributed by atoms with E-state index in [9.17, 15) is 13.6 Å². The monoisotopic (exact) mass is 583 g/mol. The number of hydrogen-bond donors (Lipinski definition) is 0. The van der Waals surface area contributed by atoms with Gasteiger partial charge in [-0.05, 0) is 127 Å². The lowest BCUT2D eigenvalue weighted by molar-refractivity contribution is 0.0972. The summed E-state index contributed by atoms with van der Waals surface area (Å²) >= 11 is 0. The van der Waals surface area contributed by atoms with Crippen molar-refractivity contribution in [2.24, 2.45) is 0 Å². The zero-order valence-electron chi connectivity index (χ0n) is 23.8. The first kappa shape index (κ1) is 27.4. The number of carbonyl (C=O) groups excluding carboxylic acids is 1. The molecule has 0 N–H and O–H groups in total. The number of aryl methyl sites for hydroxylation is 2. The molecule has 2 heterocycles. The van der Waals surface area contributed by atoms with E-state index >= 15 is 0 Å². The SMILES string of the molecule is N#CC=C1CCCc2cc3c(cnn3-c3ccc(F)cc3)cc21.O=C1CCCc2cc3c(cnn3-c3ccc(F)cc3)cc21. The van der Waals surface area contributed by atoms with Crippen LogP contribution in [0.1, 0.15) is 52.7 Å². The van der Waals surface area contributed by atoms with Crippen LogP contribution in [-0.4, -0.2) is 25.3 Å². The number of ketones is 1. The summed E-state index contributed by atoms with van der Waals surface area (Å²) in [5.41, 5.74) is 9.03. The molecule has 0 saturated heterocycles. The van der Waals surface area contributed by atoms with E-state index in [-0.39, 0.29) is 17.4 Å². The fourth-order valence-corrected chi connectivity index (χ4v) is 6.19. The van der Waals surface area contributed by atoms with E-state index in [0.29, 0.717) is 6.42 Å². The zero-order valence-corrected chi connectivity index (χ0v) is 23.8. The number of hydrogen-bond acceptors (Lipinski definition) is 4. The third kappa shape index (κ3) is 5.07. The number of fused-ring (bicyclic) bond motifs is 4. The van der Waals surface area contributed by atoms with Crippen molar-refractivity contribution in [2.75, 3.05) is 0 Å². The van der Waals surface area contributed by atoms with E-state index < -0.39 is 0 Å². The maximum atomic E-state index is 13.1. The molecule has 0 saturated carbocycles. The first-order valence-electron chi connectivity index (χ1n) is 14.6. The molecule has 0 unspecified atom stereocenters. The maximum absolute atomic E-state index is 13.1. The molecule has 0 bridgehead atoms. The lowest BCUT2D eigenvalue weighted by atomic mass is 9.86. The van der Waals surface area contributed by atoms with E-state index in [1.165, 1.54) is 29.8 Å². The normalized spacial score (nSPS) is 15.0. The Morgan fingerprint density at radius 3 is 1.73 bits per heavy atom. The predicted molar refractivity (Wildman–Crippen MR) is 166 cm³/mol. The van der Waals surface area contributed by atoms with Gasteiger partial charge in [0.25, 0.3) is 0 Å². The molecule has 0 radical (unpaired) electrons. The lowest BCUT2D eigenvalue weighted by Gasteiger charge is -2.18. The molecule has 6 nitrogen and oxygen atoms in total. The first-order chi connectivity index (χ1) is 21.5. The van der Waals surface area contributed by atoms with Gasteiger partial charge < -0.3 is 0 Å². The van der Waals surface area contributed by atoms with Crippen LogP contribution in [0.5, 0.6) is 0 Å². The summed E-state index contributed by atoms with van der Waals surface area (Å²) in [6.45, 7) is 0. The number of halogens is 2. The Hall–Kier alpha value is -5.42. The van der Waals surface area contributed by atoms with Gasteiger partial charge in [0.2, 0.25) is 0 Å². The Bertz CT molecular complexity index is 2120. The number of benzene rings is 4. The molecule has 2 aromatic heterocycles. The highest BCUT2D eigenvalue weighted by molar-refractivity contribution is 6.02. The summed E-state index contributed by atoms with van der Waals surface area (Å²) in [6, 6.07) is 22.9. The Labute approximate surface area is 252 Å². The number of carbonyl (C=O) groups is 1. The van der Waals surface area contributed by atoms with Gasteiger partial charge in [0.1, 0.15) is 11.6 Å². The summed E-state index contributed by atoms with van der Waals surface area (Å²) in [5, 5.41) is 19.7. The molecule has 216 valence electrons. The summed E-state index contributed by atoms with van der Waals surface area (Å²) in [6.07, 6.45) is 10.7. The molecule has 0 fully saturated rings. The largest absolute Gasteiger partial charge is 0.294 e. The van der Waals surface area contributed by atoms with Crippen LogP contribution in [0, 0.1) is 23.0 Å². The molecule has 0 spiro atoms. The minimum Gasteiger partial charge on any atom is -0.294 e. The predicted octanol–water partition coefficient (Wildman–Crippen LogP) is 8.09. The summed E-state index contributed by atoms with van der Waals surface area (Å²) in [4.78, 5) is 12.0. The van der Waals surface area contributed by atoms with Crippen molar-refractivity contribution in [3.63, 3.8) is 0 Å². The van der Waals surface area contributed by atoms with Crippen molar-refractivity contribution < 1.29 is 13.6 Å². The molecule has 0 amide bonds. The van der Waals surface area contributed by atoms with Gasteiger partial charge in [0.15, 0.2) is 5.78 Å². The van der Waals surface area contributed by atoms with Gasteiger partial charge in [-0.25, -0.2) is 18.1 Å². The topological polar surface area (TPSA) is 76.5 Å². The first-order valence-corrected chi connectivity index (χ1v) is 14.6. The van der Waals surface area contributed by atoms with Gasteiger partial charge in [0.05, 0.1) is 40.9 Å². The summed E-state index contributed by atoms with van der Waals surface area (Å²) in [7, 11) is 0. The van der Waals surface area contributed by atoms with Crippen molar-refractivity contribution in [3.05, 3.63) is 125 Å². The molecule has 8 rings (SSSR count). The van der Waals surface area contributed by atoms with Crippen molar-refractivity contribution >= 4 is 33.2 Å². The quantitative estimate of drug-likeness (QED) is 0.193. The summed E-state index contributed by atoms with van der Waals surface area (Å²) in [5.74, 6) is -0.306. The van der Waals surface area contributed by atoms with Crippen LogP contribution in [0.15, 0.2) is 91.3 Å². The number of aromatic nitrogens is 4. The third-order valence-corrected chi connectivity index (χ3v) is 8.36. The highest BCUT2D eigenvalue weighted by atomic mass is 19.1. The van der Waals surface area contributed by atoms with Crippen molar-refractivity contribution in [1.82, 2.24) is 19.6 Å². The smallest absolute Gasteiger partial charge is 0.163 e. The second-order valence-electron chi connectivity index (χ2n) is 11.1. The van der Waals surface area contributed by atoms with Gasteiger partial charge in [-0.15, -0.1) is 0 Å². The van der Waals surface area contributed by atoms with Gasteiger partial charge in [-0.3, -0.25) is 4.79 Å². The number of nitrogens with zero attached hydrogens (tertiary/aromatic N) is 5. The molecule has 2 aliphatic rings. The standard InChI is InChI=1S/C19H14FN3.C17H13FN2O/c20-16-4-6-17(7-5-16)23-19-11-14-3-1-2-13(8-9-21)18(14)10-15(19)12-22-23;18-13-4-6-14(7-5-13)20-16-9-11-2-1-3-17(21)15(11)8-12(16)10-19-20/h4-8,10-12H,1-3H2;4-10H,1-3H2. The van der Waals surface area contributed by atoms with E-state index in [1.807, 2.05) is 23.0 Å². The second kappa shape index (κ2) is 11.3. The van der Waals surface area contributed by atoms with Crippen molar-refractivity contribution in [3.8, 4) is 17.4 Å². The number of allylic oxidation sites excluding steroid dienone is 2. The highest BCUT2D eigenvalue weighted by Crippen LogP contribution is 2.34. The molecule has 2 aliphatic carbocycles. The number of nitriles is 1. The second-order valence-corrected chi connectivity index (χ2v) is 11.1. The highest BCUT2D eigenvalue weighted by Gasteiger charge is 2.20. The molecule has 6 aromatic rings. The number of rotatable bonds is 2. The van der Waals surface area contributed by atoms with Crippen LogP contribution in [0.25, 0.3) is 38.8 Å². The van der Waals surface area contributed by atoms with E-state index in [0.717, 1.165) is 87.5 Å². The fraction of sp³-hybridized carbons (Fsp3) is 0.167. The van der Waals surface area contributed by atoms with Gasteiger partial charge in [0, 0.05) is 28.8 Å². The molecule has 0 aliphatic heterocycles. The third-order valence-electron chi connectivity index (χ3n) is 8.36. The average molecular weight is 584 g/mol. The minimum atomic E-state index is -0.266. The van der Waals surface area contributed by atoms with Crippen molar-refractivity contribution in [1.29, 1.82) is 5.26 Å². The van der Waals surface area contributed by atoms with Crippen LogP contribution in [0.4, 0.5) is 8.78 Å². The Morgan fingerprint density at radius 2 is 1.18 bits per heavy atom. The fourth-order valence-electron chi connectivity index (χ4n) is 6.19. The van der Waals surface area contributed by atoms with Crippen LogP contribution >= 0.6 is 0 Å². The van der Waals surface area contributed by atoms with Crippen molar-refractivity contribution in [2.45, 2.75) is 38.5 Å². The Kier molecular flexibility index (Phi) is 7.07. The van der Waals surface area contributed by atoms with Crippen LogP contribution < -0.4 is 0 Å². The Morgan fingerprint density at radius 1 is 0.682 bits per heavy atom.